The standard InChI is InChI=1S/C11H9Cl2NO/c1-7(15)14-3-2-8-4-10(12)11(13)5-9(8)6-14/h2-5H,6H2,1H3. The van der Waals surface area contributed by atoms with Gasteiger partial charge in [0, 0.05) is 13.1 Å². The van der Waals surface area contributed by atoms with E-state index >= 15 is 0 Å². The zero-order chi connectivity index (χ0) is 11.0. The van der Waals surface area contributed by atoms with Crippen molar-refractivity contribution in [2.45, 2.75) is 13.5 Å². The molecule has 0 aromatic heterocycles. The Hall–Kier alpha value is -0.990. The summed E-state index contributed by atoms with van der Waals surface area (Å²) in [5.41, 5.74) is 2.03. The van der Waals surface area contributed by atoms with Crippen LogP contribution >= 0.6 is 23.2 Å². The molecule has 0 bridgehead atoms. The van der Waals surface area contributed by atoms with Crippen molar-refractivity contribution in [3.63, 3.8) is 0 Å². The molecule has 78 valence electrons. The lowest BCUT2D eigenvalue weighted by Gasteiger charge is -2.22. The molecule has 1 aliphatic rings. The van der Waals surface area contributed by atoms with Gasteiger partial charge in [0.15, 0.2) is 0 Å². The molecule has 0 spiro atoms. The number of benzene rings is 1. The molecule has 1 aliphatic heterocycles. The first-order chi connectivity index (χ1) is 7.08. The number of carbonyl (C=O) groups excluding carboxylic acids is 1. The average Bonchev–Trinajstić information content (AvgIpc) is 2.19. The monoisotopic (exact) mass is 241 g/mol. The van der Waals surface area contributed by atoms with Gasteiger partial charge in [0.1, 0.15) is 0 Å². The molecule has 0 N–H and O–H groups in total. The average molecular weight is 242 g/mol. The van der Waals surface area contributed by atoms with E-state index in [1.54, 1.807) is 17.2 Å². The van der Waals surface area contributed by atoms with Gasteiger partial charge in [0.05, 0.1) is 16.6 Å². The molecule has 0 saturated heterocycles. The van der Waals surface area contributed by atoms with Gasteiger partial charge in [-0.25, -0.2) is 0 Å². The van der Waals surface area contributed by atoms with Crippen LogP contribution in [0.2, 0.25) is 10.0 Å². The molecule has 1 aromatic rings. The van der Waals surface area contributed by atoms with Gasteiger partial charge in [-0.1, -0.05) is 23.2 Å². The molecule has 0 fully saturated rings. The number of fused-ring (bicyclic) bond motifs is 1. The summed E-state index contributed by atoms with van der Waals surface area (Å²) in [6, 6.07) is 3.62. The van der Waals surface area contributed by atoms with Crippen LogP contribution in [0.25, 0.3) is 6.08 Å². The summed E-state index contributed by atoms with van der Waals surface area (Å²) in [5, 5.41) is 1.06. The van der Waals surface area contributed by atoms with Gasteiger partial charge in [-0.2, -0.15) is 0 Å². The molecule has 4 heteroatoms. The first kappa shape index (κ1) is 10.5. The fourth-order valence-electron chi connectivity index (χ4n) is 1.52. The van der Waals surface area contributed by atoms with Crippen LogP contribution in [0, 0.1) is 0 Å². The number of amides is 1. The normalized spacial score (nSPS) is 13.9. The molecule has 0 saturated carbocycles. The highest BCUT2D eigenvalue weighted by Crippen LogP contribution is 2.29. The number of nitrogens with zero attached hydrogens (tertiary/aromatic N) is 1. The van der Waals surface area contributed by atoms with Gasteiger partial charge in [0.2, 0.25) is 5.91 Å². The number of halogens is 2. The minimum absolute atomic E-state index is 0.0166. The van der Waals surface area contributed by atoms with Crippen LogP contribution in [-0.4, -0.2) is 10.8 Å². The maximum Gasteiger partial charge on any atom is 0.223 e. The lowest BCUT2D eigenvalue weighted by molar-refractivity contribution is -0.126. The third-order valence-corrected chi connectivity index (χ3v) is 3.08. The van der Waals surface area contributed by atoms with E-state index in [9.17, 15) is 4.79 Å². The smallest absolute Gasteiger partial charge is 0.223 e. The Bertz CT molecular complexity index is 454. The predicted molar refractivity (Wildman–Crippen MR) is 61.7 cm³/mol. The van der Waals surface area contributed by atoms with Crippen molar-refractivity contribution in [2.75, 3.05) is 0 Å². The van der Waals surface area contributed by atoms with Crippen molar-refractivity contribution in [1.29, 1.82) is 0 Å². The van der Waals surface area contributed by atoms with Crippen LogP contribution in [0.1, 0.15) is 18.1 Å². The number of hydrogen-bond acceptors (Lipinski definition) is 1. The van der Waals surface area contributed by atoms with Crippen molar-refractivity contribution in [1.82, 2.24) is 4.90 Å². The third-order valence-electron chi connectivity index (χ3n) is 2.36. The summed E-state index contributed by atoms with van der Waals surface area (Å²) >= 11 is 11.8. The molecule has 2 nitrogen and oxygen atoms in total. The molecule has 0 unspecified atom stereocenters. The van der Waals surface area contributed by atoms with E-state index in [1.807, 2.05) is 12.1 Å². The van der Waals surface area contributed by atoms with E-state index in [0.29, 0.717) is 16.6 Å². The Morgan fingerprint density at radius 2 is 2.00 bits per heavy atom. The number of hydrogen-bond donors (Lipinski definition) is 0. The van der Waals surface area contributed by atoms with Gasteiger partial charge >= 0.3 is 0 Å². The zero-order valence-corrected chi connectivity index (χ0v) is 9.64. The highest BCUT2D eigenvalue weighted by Gasteiger charge is 2.15. The van der Waals surface area contributed by atoms with Crippen molar-refractivity contribution >= 4 is 35.2 Å². The SMILES string of the molecule is CC(=O)N1C=Cc2cc(Cl)c(Cl)cc2C1. The van der Waals surface area contributed by atoms with E-state index < -0.39 is 0 Å². The van der Waals surface area contributed by atoms with Crippen molar-refractivity contribution < 1.29 is 4.79 Å². The highest BCUT2D eigenvalue weighted by atomic mass is 35.5. The van der Waals surface area contributed by atoms with E-state index in [0.717, 1.165) is 11.1 Å². The summed E-state index contributed by atoms with van der Waals surface area (Å²) in [7, 11) is 0. The van der Waals surface area contributed by atoms with Crippen molar-refractivity contribution in [3.8, 4) is 0 Å². The number of carbonyl (C=O) groups is 1. The van der Waals surface area contributed by atoms with Gasteiger partial charge in [-0.05, 0) is 29.3 Å². The molecule has 0 atom stereocenters. The molecule has 1 heterocycles. The van der Waals surface area contributed by atoms with Crippen LogP contribution in [0.3, 0.4) is 0 Å². The summed E-state index contributed by atoms with van der Waals surface area (Å²) in [6.45, 7) is 2.09. The van der Waals surface area contributed by atoms with Crippen LogP contribution in [-0.2, 0) is 11.3 Å². The third kappa shape index (κ3) is 2.01. The first-order valence-electron chi connectivity index (χ1n) is 4.51. The predicted octanol–water partition coefficient (Wildman–Crippen LogP) is 3.33. The quantitative estimate of drug-likeness (QED) is 0.683. The highest BCUT2D eigenvalue weighted by molar-refractivity contribution is 6.42. The topological polar surface area (TPSA) is 20.3 Å². The lowest BCUT2D eigenvalue weighted by atomic mass is 10.0. The summed E-state index contributed by atoms with van der Waals surface area (Å²) in [4.78, 5) is 12.8. The fraction of sp³-hybridized carbons (Fsp3) is 0.182. The summed E-state index contributed by atoms with van der Waals surface area (Å²) in [5.74, 6) is 0.0166. The lowest BCUT2D eigenvalue weighted by Crippen LogP contribution is -2.24. The molecule has 1 amide bonds. The summed E-state index contributed by atoms with van der Waals surface area (Å²) in [6.07, 6.45) is 3.62. The second-order valence-electron chi connectivity index (χ2n) is 3.43. The van der Waals surface area contributed by atoms with Crippen molar-refractivity contribution in [3.05, 3.63) is 39.5 Å². The Balaban J connectivity index is 2.42. The maximum atomic E-state index is 11.2. The van der Waals surface area contributed by atoms with E-state index in [-0.39, 0.29) is 5.91 Å². The Labute approximate surface area is 98.1 Å². The Morgan fingerprint density at radius 3 is 2.67 bits per heavy atom. The van der Waals surface area contributed by atoms with E-state index in [1.165, 1.54) is 6.92 Å². The Kier molecular flexibility index (Phi) is 2.72. The van der Waals surface area contributed by atoms with Gasteiger partial charge < -0.3 is 4.90 Å². The fourth-order valence-corrected chi connectivity index (χ4v) is 1.88. The van der Waals surface area contributed by atoms with Crippen LogP contribution in [0.5, 0.6) is 0 Å². The molecule has 15 heavy (non-hydrogen) atoms. The molecular formula is C11H9Cl2NO. The van der Waals surface area contributed by atoms with Crippen molar-refractivity contribution in [2.24, 2.45) is 0 Å². The largest absolute Gasteiger partial charge is 0.315 e. The maximum absolute atomic E-state index is 11.2. The number of rotatable bonds is 0. The molecule has 0 aliphatic carbocycles. The summed E-state index contributed by atoms with van der Waals surface area (Å²) < 4.78 is 0. The molecule has 2 rings (SSSR count). The van der Waals surface area contributed by atoms with Crippen LogP contribution in [0.15, 0.2) is 18.3 Å². The zero-order valence-electron chi connectivity index (χ0n) is 8.13. The van der Waals surface area contributed by atoms with Crippen LogP contribution < -0.4 is 0 Å². The Morgan fingerprint density at radius 1 is 1.33 bits per heavy atom. The second kappa shape index (κ2) is 3.87. The molecule has 0 radical (unpaired) electrons. The van der Waals surface area contributed by atoms with Gasteiger partial charge in [-0.15, -0.1) is 0 Å². The van der Waals surface area contributed by atoms with E-state index in [2.05, 4.69) is 0 Å². The van der Waals surface area contributed by atoms with E-state index in [4.69, 9.17) is 23.2 Å². The second-order valence-corrected chi connectivity index (χ2v) is 4.24. The minimum Gasteiger partial charge on any atom is -0.315 e. The first-order valence-corrected chi connectivity index (χ1v) is 5.27. The molecule has 1 aromatic carbocycles. The van der Waals surface area contributed by atoms with Crippen LogP contribution in [0.4, 0.5) is 0 Å². The van der Waals surface area contributed by atoms with Gasteiger partial charge in [-0.3, -0.25) is 4.79 Å². The molecular weight excluding hydrogens is 233 g/mol. The minimum atomic E-state index is 0.0166. The van der Waals surface area contributed by atoms with Gasteiger partial charge in [0.25, 0.3) is 0 Å².